The van der Waals surface area contributed by atoms with Crippen LogP contribution in [0, 0.1) is 5.92 Å². The first-order chi connectivity index (χ1) is 4.79. The van der Waals surface area contributed by atoms with Crippen LogP contribution in [0.2, 0.25) is 0 Å². The lowest BCUT2D eigenvalue weighted by Gasteiger charge is -2.26. The number of cyclic esters (lactones) is 1. The van der Waals surface area contributed by atoms with Gasteiger partial charge in [-0.1, -0.05) is 13.8 Å². The summed E-state index contributed by atoms with van der Waals surface area (Å²) in [5.41, 5.74) is 0. The van der Waals surface area contributed by atoms with E-state index in [2.05, 4.69) is 0 Å². The second-order valence-corrected chi connectivity index (χ2v) is 2.40. The molecular formula is C8H12O2. The van der Waals surface area contributed by atoms with E-state index in [1.54, 1.807) is 0 Å². The maximum absolute atomic E-state index is 10.7. The van der Waals surface area contributed by atoms with Crippen LogP contribution < -0.4 is 0 Å². The first-order valence-electron chi connectivity index (χ1n) is 3.71. The van der Waals surface area contributed by atoms with Crippen LogP contribution in [0.3, 0.4) is 0 Å². The molecule has 0 aromatic heterocycles. The van der Waals surface area contributed by atoms with E-state index in [9.17, 15) is 4.79 Å². The number of carbonyl (C=O) groups excluding carboxylic acids is 1. The fourth-order valence-corrected chi connectivity index (χ4v) is 1.07. The van der Waals surface area contributed by atoms with E-state index in [4.69, 9.17) is 4.74 Å². The number of carbonyl (C=O) groups is 1. The van der Waals surface area contributed by atoms with Gasteiger partial charge in [0.2, 0.25) is 0 Å². The Hall–Kier alpha value is -0.790. The van der Waals surface area contributed by atoms with Crippen molar-refractivity contribution in [2.24, 2.45) is 5.92 Å². The highest BCUT2D eigenvalue weighted by Crippen LogP contribution is 2.29. The Labute approximate surface area is 60.9 Å². The summed E-state index contributed by atoms with van der Waals surface area (Å²) in [6.07, 6.45) is 3.78. The van der Waals surface area contributed by atoms with E-state index in [0.717, 1.165) is 18.6 Å². The molecule has 0 aromatic carbocycles. The van der Waals surface area contributed by atoms with Crippen LogP contribution in [0.5, 0.6) is 0 Å². The molecule has 0 spiro atoms. The molecule has 0 aliphatic carbocycles. The predicted octanol–water partition coefficient (Wildman–Crippen LogP) is 1.86. The smallest absolute Gasteiger partial charge is 0.321 e. The number of hydrogen-bond acceptors (Lipinski definition) is 2. The summed E-state index contributed by atoms with van der Waals surface area (Å²) in [5.74, 6) is 0.872. The topological polar surface area (TPSA) is 26.3 Å². The van der Waals surface area contributed by atoms with Gasteiger partial charge in [0.1, 0.15) is 11.7 Å². The van der Waals surface area contributed by atoms with Crippen LogP contribution >= 0.6 is 0 Å². The third kappa shape index (κ3) is 1.06. The van der Waals surface area contributed by atoms with Gasteiger partial charge in [-0.05, 0) is 18.9 Å². The molecule has 1 aliphatic rings. The molecule has 1 heterocycles. The second kappa shape index (κ2) is 2.86. The largest absolute Gasteiger partial charge is 0.430 e. The first kappa shape index (κ1) is 7.32. The van der Waals surface area contributed by atoms with E-state index in [0.29, 0.717) is 0 Å². The van der Waals surface area contributed by atoms with Crippen molar-refractivity contribution in [3.63, 3.8) is 0 Å². The van der Waals surface area contributed by atoms with E-state index in [1.807, 2.05) is 19.9 Å². The average molecular weight is 140 g/mol. The maximum Gasteiger partial charge on any atom is 0.321 e. The van der Waals surface area contributed by atoms with E-state index >= 15 is 0 Å². The first-order valence-corrected chi connectivity index (χ1v) is 3.71. The molecule has 0 N–H and O–H groups in total. The van der Waals surface area contributed by atoms with Crippen LogP contribution in [0.15, 0.2) is 11.8 Å². The van der Waals surface area contributed by atoms with Gasteiger partial charge in [-0.2, -0.15) is 0 Å². The van der Waals surface area contributed by atoms with Crippen LogP contribution in [0.4, 0.5) is 0 Å². The molecule has 1 rings (SSSR count). The summed E-state index contributed by atoms with van der Waals surface area (Å²) in [6, 6.07) is 0. The van der Waals surface area contributed by atoms with Crippen molar-refractivity contribution in [2.45, 2.75) is 26.7 Å². The van der Waals surface area contributed by atoms with Gasteiger partial charge in [-0.3, -0.25) is 4.79 Å². The molecule has 0 radical (unpaired) electrons. The van der Waals surface area contributed by atoms with Crippen molar-refractivity contribution < 1.29 is 9.53 Å². The monoisotopic (exact) mass is 140 g/mol. The van der Waals surface area contributed by atoms with Crippen LogP contribution in [0.1, 0.15) is 26.7 Å². The molecule has 1 aliphatic heterocycles. The quantitative estimate of drug-likeness (QED) is 0.547. The molecule has 2 nitrogen and oxygen atoms in total. The lowest BCUT2D eigenvalue weighted by Crippen LogP contribution is -2.31. The molecule has 1 atom stereocenters. The highest BCUT2D eigenvalue weighted by Gasteiger charge is 2.34. The molecule has 0 aromatic rings. The highest BCUT2D eigenvalue weighted by atomic mass is 16.6. The summed E-state index contributed by atoms with van der Waals surface area (Å²) in [5, 5.41) is 0. The molecule has 0 saturated carbocycles. The minimum absolute atomic E-state index is 0.0674. The van der Waals surface area contributed by atoms with Crippen LogP contribution in [-0.4, -0.2) is 5.97 Å². The number of allylic oxidation sites excluding steroid dienone is 1. The minimum atomic E-state index is -0.0674. The maximum atomic E-state index is 10.7. The Kier molecular flexibility index (Phi) is 2.10. The molecule has 56 valence electrons. The average Bonchev–Trinajstić information content (AvgIpc) is 1.88. The fourth-order valence-electron chi connectivity index (χ4n) is 1.07. The normalized spacial score (nSPS) is 28.0. The predicted molar refractivity (Wildman–Crippen MR) is 38.2 cm³/mol. The lowest BCUT2D eigenvalue weighted by atomic mass is 9.99. The Balaban J connectivity index is 2.53. The Morgan fingerprint density at radius 1 is 1.60 bits per heavy atom. The molecule has 1 saturated heterocycles. The van der Waals surface area contributed by atoms with Crippen molar-refractivity contribution in [1.29, 1.82) is 0 Å². The van der Waals surface area contributed by atoms with Crippen molar-refractivity contribution >= 4 is 5.97 Å². The second-order valence-electron chi connectivity index (χ2n) is 2.40. The van der Waals surface area contributed by atoms with Gasteiger partial charge >= 0.3 is 5.97 Å². The van der Waals surface area contributed by atoms with Gasteiger partial charge in [-0.15, -0.1) is 0 Å². The van der Waals surface area contributed by atoms with Gasteiger partial charge in [0.05, 0.1) is 0 Å². The van der Waals surface area contributed by atoms with E-state index in [-0.39, 0.29) is 11.9 Å². The van der Waals surface area contributed by atoms with Crippen LogP contribution in [0.25, 0.3) is 0 Å². The summed E-state index contributed by atoms with van der Waals surface area (Å²) in [7, 11) is 0. The van der Waals surface area contributed by atoms with Crippen molar-refractivity contribution in [2.75, 3.05) is 0 Å². The van der Waals surface area contributed by atoms with Crippen molar-refractivity contribution in [3.05, 3.63) is 11.8 Å². The summed E-state index contributed by atoms with van der Waals surface area (Å²) < 4.78 is 4.81. The Morgan fingerprint density at radius 2 is 2.30 bits per heavy atom. The van der Waals surface area contributed by atoms with E-state index in [1.165, 1.54) is 0 Å². The van der Waals surface area contributed by atoms with Gasteiger partial charge in [0.15, 0.2) is 0 Å². The number of ether oxygens (including phenoxy) is 1. The third-order valence-electron chi connectivity index (χ3n) is 1.66. The zero-order valence-corrected chi connectivity index (χ0v) is 6.39. The summed E-state index contributed by atoms with van der Waals surface area (Å²) in [6.45, 7) is 4.03. The van der Waals surface area contributed by atoms with E-state index < -0.39 is 0 Å². The SMILES string of the molecule is CC/C=C1\OC(=O)[C@H]1CC. The third-order valence-corrected chi connectivity index (χ3v) is 1.66. The minimum Gasteiger partial charge on any atom is -0.430 e. The molecule has 0 amide bonds. The summed E-state index contributed by atoms with van der Waals surface area (Å²) in [4.78, 5) is 10.7. The number of hydrogen-bond donors (Lipinski definition) is 0. The zero-order valence-electron chi connectivity index (χ0n) is 6.39. The molecular weight excluding hydrogens is 128 g/mol. The molecule has 10 heavy (non-hydrogen) atoms. The van der Waals surface area contributed by atoms with Crippen molar-refractivity contribution in [1.82, 2.24) is 0 Å². The summed E-state index contributed by atoms with van der Waals surface area (Å²) >= 11 is 0. The lowest BCUT2D eigenvalue weighted by molar-refractivity contribution is -0.157. The van der Waals surface area contributed by atoms with Gasteiger partial charge < -0.3 is 4.74 Å². The zero-order chi connectivity index (χ0) is 7.56. The fraction of sp³-hybridized carbons (Fsp3) is 0.625. The highest BCUT2D eigenvalue weighted by molar-refractivity contribution is 5.82. The van der Waals surface area contributed by atoms with Crippen molar-refractivity contribution in [3.8, 4) is 0 Å². The van der Waals surface area contributed by atoms with Crippen LogP contribution in [-0.2, 0) is 9.53 Å². The standard InChI is InChI=1S/C8H12O2/c1-3-5-7-6(4-2)8(9)10-7/h5-6H,3-4H2,1-2H3/b7-5-/t6-/m0/s1. The number of esters is 1. The Bertz CT molecular complexity index is 170. The Morgan fingerprint density at radius 3 is 2.70 bits per heavy atom. The molecule has 0 unspecified atom stereocenters. The molecule has 1 fully saturated rings. The van der Waals surface area contributed by atoms with Gasteiger partial charge in [0, 0.05) is 0 Å². The van der Waals surface area contributed by atoms with Gasteiger partial charge in [-0.25, -0.2) is 0 Å². The number of rotatable bonds is 2. The molecule has 0 bridgehead atoms. The molecule has 2 heteroatoms. The van der Waals surface area contributed by atoms with Gasteiger partial charge in [0.25, 0.3) is 0 Å².